The number of aryl methyl sites for hydroxylation is 1. The monoisotopic (exact) mass is 248 g/mol. The van der Waals surface area contributed by atoms with Crippen molar-refractivity contribution in [1.82, 2.24) is 4.90 Å². The number of aromatic carboxylic acids is 1. The van der Waals surface area contributed by atoms with Gasteiger partial charge in [0.2, 0.25) is 0 Å². The number of anilines is 1. The van der Waals surface area contributed by atoms with Crippen molar-refractivity contribution in [2.75, 3.05) is 32.1 Å². The molecule has 0 radical (unpaired) electrons. The summed E-state index contributed by atoms with van der Waals surface area (Å²) in [7, 11) is 4.21. The van der Waals surface area contributed by atoms with Crippen LogP contribution in [0.15, 0.2) is 18.2 Å². The molecule has 1 aliphatic heterocycles. The van der Waals surface area contributed by atoms with Crippen LogP contribution in [0.4, 0.5) is 5.69 Å². The second kappa shape index (κ2) is 4.98. The summed E-state index contributed by atoms with van der Waals surface area (Å²) in [6.45, 7) is 4.03. The fraction of sp³-hybridized carbons (Fsp3) is 0.500. The Morgan fingerprint density at radius 1 is 1.44 bits per heavy atom. The molecule has 0 bridgehead atoms. The molecule has 1 aliphatic rings. The van der Waals surface area contributed by atoms with Gasteiger partial charge in [0.15, 0.2) is 0 Å². The molecular formula is C14H20N2O2. The number of hydrogen-bond acceptors (Lipinski definition) is 3. The van der Waals surface area contributed by atoms with Gasteiger partial charge in [-0.05, 0) is 51.2 Å². The Bertz CT molecular complexity index is 457. The quantitative estimate of drug-likeness (QED) is 0.886. The van der Waals surface area contributed by atoms with E-state index in [1.165, 1.54) is 0 Å². The van der Waals surface area contributed by atoms with Gasteiger partial charge in [-0.2, -0.15) is 0 Å². The number of carbonyl (C=O) groups is 1. The number of carboxylic acid groups (broad SMARTS) is 1. The molecule has 98 valence electrons. The zero-order valence-corrected chi connectivity index (χ0v) is 11.2. The minimum atomic E-state index is -0.864. The molecule has 4 heteroatoms. The molecule has 4 nitrogen and oxygen atoms in total. The lowest BCUT2D eigenvalue weighted by atomic mass is 10.1. The highest BCUT2D eigenvalue weighted by Crippen LogP contribution is 2.26. The van der Waals surface area contributed by atoms with Gasteiger partial charge in [0.05, 0.1) is 5.56 Å². The molecule has 0 amide bonds. The van der Waals surface area contributed by atoms with Crippen LogP contribution in [0.3, 0.4) is 0 Å². The minimum Gasteiger partial charge on any atom is -0.478 e. The van der Waals surface area contributed by atoms with Gasteiger partial charge >= 0.3 is 5.97 Å². The molecule has 1 N–H and O–H groups in total. The first kappa shape index (κ1) is 12.9. The summed E-state index contributed by atoms with van der Waals surface area (Å²) in [5, 5.41) is 8.96. The van der Waals surface area contributed by atoms with Crippen LogP contribution in [-0.4, -0.2) is 49.2 Å². The van der Waals surface area contributed by atoms with E-state index in [2.05, 4.69) is 23.9 Å². The zero-order valence-electron chi connectivity index (χ0n) is 11.2. The summed E-state index contributed by atoms with van der Waals surface area (Å²) in [5.41, 5.74) is 2.55. The molecule has 1 fully saturated rings. The van der Waals surface area contributed by atoms with E-state index in [0.717, 1.165) is 30.8 Å². The van der Waals surface area contributed by atoms with Crippen molar-refractivity contribution in [2.24, 2.45) is 0 Å². The van der Waals surface area contributed by atoms with E-state index in [1.807, 2.05) is 13.0 Å². The van der Waals surface area contributed by atoms with Gasteiger partial charge in [-0.15, -0.1) is 0 Å². The van der Waals surface area contributed by atoms with Crippen LogP contribution in [0, 0.1) is 6.92 Å². The highest BCUT2D eigenvalue weighted by Gasteiger charge is 2.25. The van der Waals surface area contributed by atoms with Gasteiger partial charge < -0.3 is 14.9 Å². The lowest BCUT2D eigenvalue weighted by Gasteiger charge is -2.23. The van der Waals surface area contributed by atoms with E-state index in [1.54, 1.807) is 12.1 Å². The third-order valence-electron chi connectivity index (χ3n) is 3.68. The van der Waals surface area contributed by atoms with Gasteiger partial charge in [-0.1, -0.05) is 0 Å². The second-order valence-corrected chi connectivity index (χ2v) is 5.16. The fourth-order valence-corrected chi connectivity index (χ4v) is 2.53. The summed E-state index contributed by atoms with van der Waals surface area (Å²) in [6.07, 6.45) is 1.16. The van der Waals surface area contributed by atoms with Gasteiger partial charge in [-0.3, -0.25) is 0 Å². The number of hydrogen-bond donors (Lipinski definition) is 1. The number of carboxylic acids is 1. The third-order valence-corrected chi connectivity index (χ3v) is 3.68. The van der Waals surface area contributed by atoms with E-state index < -0.39 is 5.97 Å². The maximum Gasteiger partial charge on any atom is 0.335 e. The van der Waals surface area contributed by atoms with E-state index in [4.69, 9.17) is 5.11 Å². The minimum absolute atomic E-state index is 0.361. The highest BCUT2D eigenvalue weighted by atomic mass is 16.4. The molecular weight excluding hydrogens is 228 g/mol. The van der Waals surface area contributed by atoms with Crippen molar-refractivity contribution in [3.05, 3.63) is 29.3 Å². The average molecular weight is 248 g/mol. The van der Waals surface area contributed by atoms with Crippen LogP contribution < -0.4 is 4.90 Å². The molecule has 1 aromatic carbocycles. The summed E-state index contributed by atoms with van der Waals surface area (Å²) in [5.74, 6) is -0.864. The van der Waals surface area contributed by atoms with Crippen molar-refractivity contribution < 1.29 is 9.90 Å². The number of benzene rings is 1. The molecule has 2 rings (SSSR count). The molecule has 0 saturated carbocycles. The van der Waals surface area contributed by atoms with Crippen molar-refractivity contribution >= 4 is 11.7 Å². The largest absolute Gasteiger partial charge is 0.478 e. The molecule has 1 unspecified atom stereocenters. The van der Waals surface area contributed by atoms with Crippen LogP contribution in [0.2, 0.25) is 0 Å². The maximum atomic E-state index is 10.9. The predicted octanol–water partition coefficient (Wildman–Crippen LogP) is 1.83. The number of likely N-dealkylation sites (N-methyl/N-ethyl adjacent to an activating group) is 1. The third kappa shape index (κ3) is 2.48. The second-order valence-electron chi connectivity index (χ2n) is 5.16. The molecule has 1 atom stereocenters. The Labute approximate surface area is 108 Å². The van der Waals surface area contributed by atoms with Gasteiger partial charge in [0.25, 0.3) is 0 Å². The maximum absolute atomic E-state index is 10.9. The molecule has 1 saturated heterocycles. The number of nitrogens with zero attached hydrogens (tertiary/aromatic N) is 2. The lowest BCUT2D eigenvalue weighted by molar-refractivity contribution is 0.0697. The Kier molecular flexibility index (Phi) is 3.57. The smallest absolute Gasteiger partial charge is 0.335 e. The lowest BCUT2D eigenvalue weighted by Crippen LogP contribution is -2.31. The van der Waals surface area contributed by atoms with Crippen molar-refractivity contribution in [3.63, 3.8) is 0 Å². The first-order valence-corrected chi connectivity index (χ1v) is 6.24. The van der Waals surface area contributed by atoms with Crippen LogP contribution in [-0.2, 0) is 0 Å². The van der Waals surface area contributed by atoms with Crippen LogP contribution in [0.25, 0.3) is 0 Å². The summed E-state index contributed by atoms with van der Waals surface area (Å²) < 4.78 is 0. The summed E-state index contributed by atoms with van der Waals surface area (Å²) in [4.78, 5) is 15.5. The highest BCUT2D eigenvalue weighted by molar-refractivity contribution is 5.88. The normalized spacial score (nSPS) is 19.6. The van der Waals surface area contributed by atoms with Crippen LogP contribution in [0.1, 0.15) is 22.3 Å². The van der Waals surface area contributed by atoms with Crippen molar-refractivity contribution in [1.29, 1.82) is 0 Å². The average Bonchev–Trinajstić information content (AvgIpc) is 2.78. The molecule has 0 spiro atoms. The standard InChI is InChI=1S/C14H20N2O2/c1-10-8-11(14(17)18)4-5-13(10)16-7-6-12(9-16)15(2)3/h4-5,8,12H,6-7,9H2,1-3H3,(H,17,18). The van der Waals surface area contributed by atoms with Gasteiger partial charge in [0.1, 0.15) is 0 Å². The molecule has 1 aromatic rings. The van der Waals surface area contributed by atoms with E-state index in [0.29, 0.717) is 11.6 Å². The molecule has 1 heterocycles. The van der Waals surface area contributed by atoms with E-state index in [9.17, 15) is 4.79 Å². The zero-order chi connectivity index (χ0) is 13.3. The predicted molar refractivity (Wildman–Crippen MR) is 72.4 cm³/mol. The Morgan fingerprint density at radius 2 is 2.17 bits per heavy atom. The number of rotatable bonds is 3. The summed E-state index contributed by atoms with van der Waals surface area (Å²) in [6, 6.07) is 5.95. The van der Waals surface area contributed by atoms with Crippen molar-refractivity contribution in [2.45, 2.75) is 19.4 Å². The molecule has 0 aromatic heterocycles. The Morgan fingerprint density at radius 3 is 2.67 bits per heavy atom. The fourth-order valence-electron chi connectivity index (χ4n) is 2.53. The van der Waals surface area contributed by atoms with Crippen molar-refractivity contribution in [3.8, 4) is 0 Å². The SMILES string of the molecule is Cc1cc(C(=O)O)ccc1N1CCC(N(C)C)C1. The topological polar surface area (TPSA) is 43.8 Å². The molecule has 0 aliphatic carbocycles. The van der Waals surface area contributed by atoms with E-state index in [-0.39, 0.29) is 0 Å². The molecule has 18 heavy (non-hydrogen) atoms. The van der Waals surface area contributed by atoms with Gasteiger partial charge in [0, 0.05) is 24.8 Å². The van der Waals surface area contributed by atoms with Crippen LogP contribution in [0.5, 0.6) is 0 Å². The Balaban J connectivity index is 2.18. The first-order valence-electron chi connectivity index (χ1n) is 6.24. The Hall–Kier alpha value is -1.55. The van der Waals surface area contributed by atoms with Gasteiger partial charge in [-0.25, -0.2) is 4.79 Å². The van der Waals surface area contributed by atoms with Crippen LogP contribution >= 0.6 is 0 Å². The first-order chi connectivity index (χ1) is 8.49. The summed E-state index contributed by atoms with van der Waals surface area (Å²) >= 11 is 0. The van der Waals surface area contributed by atoms with E-state index >= 15 is 0 Å².